The molecule has 2 aliphatic rings. The van der Waals surface area contributed by atoms with Gasteiger partial charge in [-0.25, -0.2) is 0 Å². The molecule has 0 amide bonds. The van der Waals surface area contributed by atoms with E-state index in [9.17, 15) is 0 Å². The standard InChI is InChI=1S/C41H37NO/c1-27-15-19-29(20-16-27)33-25-35(30-11-7-6-8-12-30)37(39(43)32-21-17-28(2)18-22-32)41(26-33)40(3,4)36-24-23-31-13-9-10-14-34(31)38(36)42(41)5/h6-26,37H,1-5H3. The van der Waals surface area contributed by atoms with Gasteiger partial charge in [-0.2, -0.15) is 0 Å². The van der Waals surface area contributed by atoms with Gasteiger partial charge in [-0.15, -0.1) is 0 Å². The lowest BCUT2D eigenvalue weighted by atomic mass is 9.57. The fourth-order valence-corrected chi connectivity index (χ4v) is 7.64. The molecule has 2 atom stereocenters. The van der Waals surface area contributed by atoms with Crippen molar-refractivity contribution in [3.8, 4) is 0 Å². The van der Waals surface area contributed by atoms with Crippen LogP contribution >= 0.6 is 0 Å². The summed E-state index contributed by atoms with van der Waals surface area (Å²) in [5, 5.41) is 2.43. The third kappa shape index (κ3) is 4.04. The summed E-state index contributed by atoms with van der Waals surface area (Å²) in [6.07, 6.45) is 4.68. The molecule has 43 heavy (non-hydrogen) atoms. The van der Waals surface area contributed by atoms with Crippen LogP contribution in [-0.2, 0) is 5.41 Å². The molecule has 2 heteroatoms. The van der Waals surface area contributed by atoms with Crippen molar-refractivity contribution >= 4 is 33.4 Å². The van der Waals surface area contributed by atoms with Gasteiger partial charge in [0.05, 0.1) is 11.5 Å². The Hall–Kier alpha value is -4.69. The Labute approximate surface area is 255 Å². The quantitative estimate of drug-likeness (QED) is 0.204. The maximum atomic E-state index is 15.1. The number of ketones is 1. The van der Waals surface area contributed by atoms with Crippen LogP contribution in [0.1, 0.15) is 52.0 Å². The van der Waals surface area contributed by atoms with Gasteiger partial charge >= 0.3 is 0 Å². The number of hydrogen-bond acceptors (Lipinski definition) is 2. The van der Waals surface area contributed by atoms with E-state index in [0.29, 0.717) is 0 Å². The van der Waals surface area contributed by atoms with Crippen LogP contribution in [0, 0.1) is 19.8 Å². The summed E-state index contributed by atoms with van der Waals surface area (Å²) in [5.41, 5.74) is 8.94. The van der Waals surface area contributed by atoms with Crippen molar-refractivity contribution in [3.05, 3.63) is 161 Å². The van der Waals surface area contributed by atoms with Crippen molar-refractivity contribution in [2.24, 2.45) is 5.92 Å². The van der Waals surface area contributed by atoms with E-state index in [-0.39, 0.29) is 5.78 Å². The topological polar surface area (TPSA) is 20.3 Å². The van der Waals surface area contributed by atoms with Crippen LogP contribution in [-0.4, -0.2) is 18.4 Å². The van der Waals surface area contributed by atoms with Crippen LogP contribution in [0.25, 0.3) is 21.9 Å². The molecule has 2 unspecified atom stereocenters. The largest absolute Gasteiger partial charge is 0.363 e. The lowest BCUT2D eigenvalue weighted by Gasteiger charge is -2.52. The summed E-state index contributed by atoms with van der Waals surface area (Å²) in [6, 6.07) is 40.5. The Morgan fingerprint density at radius 3 is 2.02 bits per heavy atom. The highest BCUT2D eigenvalue weighted by Gasteiger charge is 2.62. The van der Waals surface area contributed by atoms with Gasteiger partial charge in [0.25, 0.3) is 0 Å². The first-order valence-corrected chi connectivity index (χ1v) is 15.2. The van der Waals surface area contributed by atoms with Gasteiger partial charge in [-0.3, -0.25) is 4.79 Å². The predicted molar refractivity (Wildman–Crippen MR) is 181 cm³/mol. The van der Waals surface area contributed by atoms with E-state index in [4.69, 9.17) is 0 Å². The number of Topliss-reactive ketones (excluding diaryl/α,β-unsaturated/α-hetero) is 1. The zero-order valence-corrected chi connectivity index (χ0v) is 25.6. The molecular weight excluding hydrogens is 522 g/mol. The van der Waals surface area contributed by atoms with Crippen LogP contribution < -0.4 is 4.90 Å². The highest BCUT2D eigenvalue weighted by molar-refractivity contribution is 6.11. The molecule has 1 heterocycles. The average Bonchev–Trinajstić information content (AvgIpc) is 3.19. The summed E-state index contributed by atoms with van der Waals surface area (Å²) in [7, 11) is 2.20. The molecule has 212 valence electrons. The molecule has 0 saturated heterocycles. The summed E-state index contributed by atoms with van der Waals surface area (Å²) < 4.78 is 0. The third-order valence-electron chi connectivity index (χ3n) is 9.99. The van der Waals surface area contributed by atoms with Gasteiger partial charge in [-0.1, -0.05) is 140 Å². The third-order valence-corrected chi connectivity index (χ3v) is 9.99. The molecule has 7 rings (SSSR count). The smallest absolute Gasteiger partial charge is 0.173 e. The van der Waals surface area contributed by atoms with Crippen molar-refractivity contribution in [2.75, 3.05) is 11.9 Å². The van der Waals surface area contributed by atoms with E-state index < -0.39 is 16.9 Å². The highest BCUT2D eigenvalue weighted by Crippen LogP contribution is 2.61. The van der Waals surface area contributed by atoms with Crippen molar-refractivity contribution < 1.29 is 4.79 Å². The second-order valence-corrected chi connectivity index (χ2v) is 12.8. The van der Waals surface area contributed by atoms with Crippen molar-refractivity contribution in [1.82, 2.24) is 0 Å². The summed E-state index contributed by atoms with van der Waals surface area (Å²) >= 11 is 0. The van der Waals surface area contributed by atoms with E-state index in [2.05, 4.69) is 137 Å². The molecule has 5 aromatic rings. The first-order valence-electron chi connectivity index (χ1n) is 15.2. The molecule has 0 bridgehead atoms. The molecule has 1 aliphatic carbocycles. The molecule has 1 spiro atoms. The fraction of sp³-hybridized carbons (Fsp3) is 0.195. The number of allylic oxidation sites excluding steroid dienone is 2. The van der Waals surface area contributed by atoms with Gasteiger partial charge in [0, 0.05) is 29.1 Å². The molecule has 0 radical (unpaired) electrons. The average molecular weight is 560 g/mol. The molecule has 0 fully saturated rings. The van der Waals surface area contributed by atoms with E-state index in [1.54, 1.807) is 0 Å². The Morgan fingerprint density at radius 1 is 0.698 bits per heavy atom. The lowest BCUT2D eigenvalue weighted by molar-refractivity contribution is 0.0885. The predicted octanol–water partition coefficient (Wildman–Crippen LogP) is 9.60. The number of benzene rings is 5. The highest BCUT2D eigenvalue weighted by atomic mass is 16.1. The van der Waals surface area contributed by atoms with Crippen LogP contribution in [0.15, 0.2) is 127 Å². The van der Waals surface area contributed by atoms with Crippen LogP contribution in [0.5, 0.6) is 0 Å². The molecule has 2 nitrogen and oxygen atoms in total. The van der Waals surface area contributed by atoms with Crippen molar-refractivity contribution in [2.45, 2.75) is 38.6 Å². The van der Waals surface area contributed by atoms with Crippen molar-refractivity contribution in [1.29, 1.82) is 0 Å². The maximum Gasteiger partial charge on any atom is 0.173 e. The van der Waals surface area contributed by atoms with Gasteiger partial charge < -0.3 is 4.90 Å². The Bertz CT molecular complexity index is 1930. The fourth-order valence-electron chi connectivity index (χ4n) is 7.64. The Morgan fingerprint density at radius 2 is 1.33 bits per heavy atom. The minimum Gasteiger partial charge on any atom is -0.363 e. The molecule has 0 saturated carbocycles. The molecule has 5 aromatic carbocycles. The molecule has 0 N–H and O–H groups in total. The normalized spacial score (nSPS) is 20.6. The number of nitrogens with zero attached hydrogens (tertiary/aromatic N) is 1. The van der Waals surface area contributed by atoms with E-state index >= 15 is 4.79 Å². The van der Waals surface area contributed by atoms with E-state index in [1.807, 2.05) is 30.3 Å². The minimum absolute atomic E-state index is 0.145. The second-order valence-electron chi connectivity index (χ2n) is 12.8. The lowest BCUT2D eigenvalue weighted by Crippen LogP contribution is -2.61. The van der Waals surface area contributed by atoms with E-state index in [1.165, 1.54) is 27.6 Å². The number of rotatable bonds is 4. The van der Waals surface area contributed by atoms with Crippen LogP contribution in [0.2, 0.25) is 0 Å². The van der Waals surface area contributed by atoms with Gasteiger partial charge in [-0.05, 0) is 59.2 Å². The monoisotopic (exact) mass is 559 g/mol. The zero-order valence-electron chi connectivity index (χ0n) is 25.6. The molecule has 1 aliphatic heterocycles. The van der Waals surface area contributed by atoms with Gasteiger partial charge in [0.1, 0.15) is 0 Å². The van der Waals surface area contributed by atoms with E-state index in [0.717, 1.165) is 33.4 Å². The van der Waals surface area contributed by atoms with Crippen LogP contribution in [0.4, 0.5) is 5.69 Å². The van der Waals surface area contributed by atoms with Crippen molar-refractivity contribution in [3.63, 3.8) is 0 Å². The first kappa shape index (κ1) is 27.2. The minimum atomic E-state index is -0.679. The number of likely N-dealkylation sites (N-methyl/N-ethyl adjacent to an activating group) is 1. The number of carbonyl (C=O) groups is 1. The maximum absolute atomic E-state index is 15.1. The van der Waals surface area contributed by atoms with Gasteiger partial charge in [0.15, 0.2) is 5.78 Å². The van der Waals surface area contributed by atoms with Crippen LogP contribution in [0.3, 0.4) is 0 Å². The number of fused-ring (bicyclic) bond motifs is 3. The summed E-state index contributed by atoms with van der Waals surface area (Å²) in [6.45, 7) is 8.85. The number of anilines is 1. The second kappa shape index (κ2) is 9.95. The molecular formula is C41H37NO. The number of hydrogen-bond donors (Lipinski definition) is 0. The Kier molecular flexibility index (Phi) is 6.29. The summed E-state index contributed by atoms with van der Waals surface area (Å²) in [5.74, 6) is -0.302. The molecule has 0 aromatic heterocycles. The summed E-state index contributed by atoms with van der Waals surface area (Å²) in [4.78, 5) is 17.5. The van der Waals surface area contributed by atoms with Gasteiger partial charge in [0.2, 0.25) is 0 Å². The first-order chi connectivity index (χ1) is 20.7. The zero-order chi connectivity index (χ0) is 29.9. The number of carbonyl (C=O) groups excluding carboxylic acids is 1. The SMILES string of the molecule is Cc1ccc(C(=O)C2C(c3ccccc3)=CC(c3ccc(C)cc3)=CC23N(C)c2c(ccc4ccccc24)C3(C)C)cc1. The Balaban J connectivity index is 1.57. The number of aryl methyl sites for hydroxylation is 2.